The zero-order valence-corrected chi connectivity index (χ0v) is 28.9. The van der Waals surface area contributed by atoms with Gasteiger partial charge in [0.25, 0.3) is 5.56 Å². The van der Waals surface area contributed by atoms with Gasteiger partial charge in [0.1, 0.15) is 17.1 Å². The zero-order chi connectivity index (χ0) is 34.5. The first kappa shape index (κ1) is 35.3. The number of methoxy groups -OCH3 is 2. The summed E-state index contributed by atoms with van der Waals surface area (Å²) in [5, 5.41) is 4.24. The van der Waals surface area contributed by atoms with Crippen molar-refractivity contribution in [3.05, 3.63) is 64.0 Å². The molecular weight excluding hydrogens is 659 g/mol. The number of ether oxygens (including phenoxy) is 3. The lowest BCUT2D eigenvalue weighted by Gasteiger charge is -2.39. The van der Waals surface area contributed by atoms with Crippen molar-refractivity contribution in [2.45, 2.75) is 37.9 Å². The molecule has 2 fully saturated rings. The summed E-state index contributed by atoms with van der Waals surface area (Å²) in [4.78, 5) is 52.5. The number of pyridine rings is 1. The molecule has 2 saturated heterocycles. The maximum Gasteiger partial charge on any atom is 0.260 e. The molecule has 2 aliphatic heterocycles. The van der Waals surface area contributed by atoms with E-state index in [9.17, 15) is 14.4 Å². The maximum absolute atomic E-state index is 14.5. The highest BCUT2D eigenvalue weighted by molar-refractivity contribution is 6.41. The average Bonchev–Trinajstić information content (AvgIpc) is 3.09. The summed E-state index contributed by atoms with van der Waals surface area (Å²) in [5.41, 5.74) is 0.516. The Bertz CT molecular complexity index is 1750. The Labute approximate surface area is 289 Å². The van der Waals surface area contributed by atoms with Crippen molar-refractivity contribution in [3.63, 3.8) is 0 Å². The van der Waals surface area contributed by atoms with Gasteiger partial charge in [-0.2, -0.15) is 4.98 Å². The van der Waals surface area contributed by atoms with Crippen LogP contribution >= 0.6 is 23.2 Å². The molecule has 4 heterocycles. The van der Waals surface area contributed by atoms with Gasteiger partial charge >= 0.3 is 0 Å². The molecule has 5 rings (SSSR count). The lowest BCUT2D eigenvalue weighted by Crippen LogP contribution is -2.53. The molecule has 256 valence electrons. The fraction of sp³-hybridized carbons (Fsp3) is 0.441. The molecule has 2 aliphatic rings. The molecular formula is C34H40Cl2N6O6. The van der Waals surface area contributed by atoms with Gasteiger partial charge in [0.05, 0.1) is 42.5 Å². The van der Waals surface area contributed by atoms with Crippen molar-refractivity contribution < 1.29 is 23.8 Å². The lowest BCUT2D eigenvalue weighted by atomic mass is 9.90. The molecule has 0 aliphatic carbocycles. The van der Waals surface area contributed by atoms with Crippen LogP contribution in [0.4, 0.5) is 5.95 Å². The summed E-state index contributed by atoms with van der Waals surface area (Å²) >= 11 is 13.6. The molecule has 14 heteroatoms. The van der Waals surface area contributed by atoms with Crippen molar-refractivity contribution in [1.29, 1.82) is 0 Å². The standard InChI is InChI=1S/C34H40Cl2N6O6/c1-6-23(43)14-20-9-13-48-19-25(20)38-34-37-17-21-15-24(29-30(35)26(46-4)16-27(47-5)31(29)36)33(45)42(32(21)39-34)10-8-22-18-41(28(44)7-2)12-11-40(22)3/h6-7,15-17,20,22,25H,1-2,8-14,18-19H2,3-5H3,(H,37,38,39)/t20-,22?,25-/m1/s1. The van der Waals surface area contributed by atoms with Crippen LogP contribution in [0.3, 0.4) is 0 Å². The van der Waals surface area contributed by atoms with Crippen LogP contribution in [-0.2, 0) is 20.9 Å². The third-order valence-corrected chi connectivity index (χ3v) is 9.87. The Balaban J connectivity index is 1.59. The minimum Gasteiger partial charge on any atom is -0.495 e. The molecule has 2 aromatic heterocycles. The van der Waals surface area contributed by atoms with Crippen LogP contribution in [0.15, 0.2) is 48.4 Å². The number of carbonyl (C=O) groups is 2. The number of rotatable bonds is 12. The van der Waals surface area contributed by atoms with Crippen LogP contribution < -0.4 is 20.3 Å². The van der Waals surface area contributed by atoms with Gasteiger partial charge in [0.2, 0.25) is 11.9 Å². The van der Waals surface area contributed by atoms with Crippen LogP contribution in [0.1, 0.15) is 19.3 Å². The SMILES string of the molecule is C=CC(=O)C[C@H]1CCOC[C@H]1Nc1ncc2cc(-c3c(Cl)c(OC)cc(OC)c3Cl)c(=O)n(CCC3CN(C(=O)C=C)CCN3C)c2n1. The van der Waals surface area contributed by atoms with Gasteiger partial charge in [0, 0.05) is 68.5 Å². The molecule has 0 radical (unpaired) electrons. The number of aryl methyl sites for hydroxylation is 1. The topological polar surface area (TPSA) is 128 Å². The third kappa shape index (κ3) is 7.36. The second-order valence-corrected chi connectivity index (χ2v) is 12.7. The molecule has 3 aromatic rings. The fourth-order valence-corrected chi connectivity index (χ4v) is 7.00. The number of carbonyl (C=O) groups excluding carboxylic acids is 2. The maximum atomic E-state index is 14.5. The number of benzene rings is 1. The van der Waals surface area contributed by atoms with Gasteiger partial charge in [-0.1, -0.05) is 36.4 Å². The fourth-order valence-electron chi connectivity index (χ4n) is 6.30. The second kappa shape index (κ2) is 15.5. The van der Waals surface area contributed by atoms with Crippen LogP contribution in [0.5, 0.6) is 11.5 Å². The molecule has 0 spiro atoms. The minimum absolute atomic E-state index is 0.00324. The van der Waals surface area contributed by atoms with E-state index in [1.807, 2.05) is 7.05 Å². The molecule has 1 unspecified atom stereocenters. The monoisotopic (exact) mass is 698 g/mol. The number of nitrogens with one attached hydrogen (secondary N) is 1. The van der Waals surface area contributed by atoms with E-state index in [1.54, 1.807) is 27.8 Å². The van der Waals surface area contributed by atoms with Crippen LogP contribution in [-0.4, -0.2) is 102 Å². The first-order valence-electron chi connectivity index (χ1n) is 15.7. The van der Waals surface area contributed by atoms with E-state index in [1.165, 1.54) is 26.4 Å². The molecule has 48 heavy (non-hydrogen) atoms. The zero-order valence-electron chi connectivity index (χ0n) is 27.3. The van der Waals surface area contributed by atoms with Crippen molar-refractivity contribution in [3.8, 4) is 22.6 Å². The lowest BCUT2D eigenvalue weighted by molar-refractivity contribution is -0.128. The van der Waals surface area contributed by atoms with Gasteiger partial charge in [0.15, 0.2) is 5.78 Å². The number of hydrogen-bond donors (Lipinski definition) is 1. The molecule has 1 amide bonds. The predicted molar refractivity (Wildman–Crippen MR) is 186 cm³/mol. The van der Waals surface area contributed by atoms with Gasteiger partial charge < -0.3 is 24.4 Å². The Hall–Kier alpha value is -3.97. The highest BCUT2D eigenvalue weighted by atomic mass is 35.5. The third-order valence-electron chi connectivity index (χ3n) is 9.12. The second-order valence-electron chi connectivity index (χ2n) is 11.9. The molecule has 1 N–H and O–H groups in total. The highest BCUT2D eigenvalue weighted by Gasteiger charge is 2.30. The van der Waals surface area contributed by atoms with Crippen molar-refractivity contribution in [2.75, 3.05) is 59.4 Å². The van der Waals surface area contributed by atoms with Crippen molar-refractivity contribution >= 4 is 51.9 Å². The number of likely N-dealkylation sites (N-methyl/N-ethyl adjacent to an activating group) is 1. The Morgan fingerprint density at radius 3 is 2.52 bits per heavy atom. The minimum atomic E-state index is -0.376. The number of amides is 1. The van der Waals surface area contributed by atoms with Gasteiger partial charge in [-0.3, -0.25) is 23.9 Å². The number of aromatic nitrogens is 3. The van der Waals surface area contributed by atoms with Crippen LogP contribution in [0.25, 0.3) is 22.2 Å². The van der Waals surface area contributed by atoms with Gasteiger partial charge in [-0.15, -0.1) is 0 Å². The van der Waals surface area contributed by atoms with Crippen LogP contribution in [0, 0.1) is 5.92 Å². The number of nitrogens with zero attached hydrogens (tertiary/aromatic N) is 5. The number of ketones is 1. The first-order valence-corrected chi connectivity index (χ1v) is 16.5. The largest absolute Gasteiger partial charge is 0.495 e. The highest BCUT2D eigenvalue weighted by Crippen LogP contribution is 2.45. The Morgan fingerprint density at radius 2 is 1.85 bits per heavy atom. The van der Waals surface area contributed by atoms with E-state index in [4.69, 9.17) is 42.4 Å². The number of fused-ring (bicyclic) bond motifs is 1. The van der Waals surface area contributed by atoms with E-state index < -0.39 is 0 Å². The summed E-state index contributed by atoms with van der Waals surface area (Å²) in [6.45, 7) is 10.2. The summed E-state index contributed by atoms with van der Waals surface area (Å²) in [6.07, 6.45) is 5.85. The quantitative estimate of drug-likeness (QED) is 0.271. The number of piperazine rings is 1. The Morgan fingerprint density at radius 1 is 1.12 bits per heavy atom. The molecule has 0 bridgehead atoms. The summed E-state index contributed by atoms with van der Waals surface area (Å²) in [6, 6.07) is 2.98. The van der Waals surface area contributed by atoms with Gasteiger partial charge in [-0.25, -0.2) is 4.98 Å². The Kier molecular flexibility index (Phi) is 11.4. The average molecular weight is 700 g/mol. The molecule has 12 nitrogen and oxygen atoms in total. The van der Waals surface area contributed by atoms with Crippen molar-refractivity contribution in [2.24, 2.45) is 5.92 Å². The van der Waals surface area contributed by atoms with E-state index in [-0.39, 0.29) is 63.0 Å². The first-order chi connectivity index (χ1) is 23.1. The number of anilines is 1. The van der Waals surface area contributed by atoms with E-state index in [0.29, 0.717) is 80.6 Å². The predicted octanol–water partition coefficient (Wildman–Crippen LogP) is 4.46. The number of hydrogen-bond acceptors (Lipinski definition) is 10. The number of allylic oxidation sites excluding steroid dienone is 1. The summed E-state index contributed by atoms with van der Waals surface area (Å²) in [7, 11) is 4.94. The number of halogens is 2. The summed E-state index contributed by atoms with van der Waals surface area (Å²) < 4.78 is 18.2. The molecule has 1 aromatic carbocycles. The molecule has 3 atom stereocenters. The van der Waals surface area contributed by atoms with Gasteiger partial charge in [-0.05, 0) is 44.0 Å². The van der Waals surface area contributed by atoms with E-state index in [0.717, 1.165) is 0 Å². The smallest absolute Gasteiger partial charge is 0.260 e. The van der Waals surface area contributed by atoms with E-state index >= 15 is 0 Å². The summed E-state index contributed by atoms with van der Waals surface area (Å²) in [5.74, 6) is 0.726. The molecule has 0 saturated carbocycles. The van der Waals surface area contributed by atoms with E-state index in [2.05, 4.69) is 28.4 Å². The van der Waals surface area contributed by atoms with Crippen LogP contribution in [0.2, 0.25) is 10.0 Å². The normalized spacial score (nSPS) is 19.9. The van der Waals surface area contributed by atoms with Crippen molar-refractivity contribution in [1.82, 2.24) is 24.3 Å².